The number of carbonyl (C=O) groups excluding carboxylic acids is 1. The number of nitrogens with one attached hydrogen (secondary N) is 1. The molecular weight excluding hydrogens is 218 g/mol. The van der Waals surface area contributed by atoms with Crippen molar-refractivity contribution in [2.24, 2.45) is 0 Å². The summed E-state index contributed by atoms with van der Waals surface area (Å²) in [6, 6.07) is 0. The molecule has 0 saturated carbocycles. The molecular formula is C12H25N3O2. The van der Waals surface area contributed by atoms with Crippen molar-refractivity contribution in [1.29, 1.82) is 0 Å². The second kappa shape index (κ2) is 8.44. The van der Waals surface area contributed by atoms with Crippen LogP contribution in [-0.2, 0) is 9.53 Å². The van der Waals surface area contributed by atoms with Crippen LogP contribution in [-0.4, -0.2) is 75.7 Å². The minimum atomic E-state index is 0.244. The van der Waals surface area contributed by atoms with E-state index >= 15 is 0 Å². The largest absolute Gasteiger partial charge is 0.385 e. The van der Waals surface area contributed by atoms with Crippen LogP contribution >= 0.6 is 0 Å². The van der Waals surface area contributed by atoms with Gasteiger partial charge in [-0.25, -0.2) is 0 Å². The highest BCUT2D eigenvalue weighted by Gasteiger charge is 2.16. The Labute approximate surface area is 104 Å². The van der Waals surface area contributed by atoms with E-state index in [0.717, 1.165) is 52.2 Å². The molecule has 1 amide bonds. The third kappa shape index (κ3) is 6.00. The van der Waals surface area contributed by atoms with Gasteiger partial charge in [-0.2, -0.15) is 0 Å². The van der Waals surface area contributed by atoms with Gasteiger partial charge < -0.3 is 15.0 Å². The van der Waals surface area contributed by atoms with Crippen molar-refractivity contribution in [3.8, 4) is 0 Å². The Morgan fingerprint density at radius 2 is 2.24 bits per heavy atom. The SMILES string of the molecule is COCCCN(C)CC(=O)N1CCCNCC1. The molecule has 17 heavy (non-hydrogen) atoms. The van der Waals surface area contributed by atoms with E-state index in [1.54, 1.807) is 7.11 Å². The summed E-state index contributed by atoms with van der Waals surface area (Å²) in [4.78, 5) is 16.1. The number of ether oxygens (including phenoxy) is 1. The predicted molar refractivity (Wildman–Crippen MR) is 68.1 cm³/mol. The third-order valence-electron chi connectivity index (χ3n) is 2.99. The van der Waals surface area contributed by atoms with Gasteiger partial charge in [0.05, 0.1) is 6.54 Å². The average Bonchev–Trinajstić information content (AvgIpc) is 2.57. The summed E-state index contributed by atoms with van der Waals surface area (Å²) in [5.74, 6) is 0.244. The lowest BCUT2D eigenvalue weighted by Crippen LogP contribution is -2.41. The van der Waals surface area contributed by atoms with Crippen LogP contribution in [0.4, 0.5) is 0 Å². The van der Waals surface area contributed by atoms with E-state index in [-0.39, 0.29) is 5.91 Å². The molecule has 1 heterocycles. The standard InChI is InChI=1S/C12H25N3O2/c1-14(7-4-10-17-2)11-12(16)15-8-3-5-13-6-9-15/h13H,3-11H2,1-2H3. The number of nitrogens with zero attached hydrogens (tertiary/aromatic N) is 2. The smallest absolute Gasteiger partial charge is 0.236 e. The minimum absolute atomic E-state index is 0.244. The Hall–Kier alpha value is -0.650. The molecule has 5 heteroatoms. The fourth-order valence-corrected chi connectivity index (χ4v) is 1.98. The number of amides is 1. The van der Waals surface area contributed by atoms with Gasteiger partial charge >= 0.3 is 0 Å². The number of carbonyl (C=O) groups is 1. The number of hydrogen-bond donors (Lipinski definition) is 1. The van der Waals surface area contributed by atoms with Crippen molar-refractivity contribution in [2.45, 2.75) is 12.8 Å². The molecule has 1 saturated heterocycles. The second-order valence-corrected chi connectivity index (χ2v) is 4.57. The Morgan fingerprint density at radius 1 is 1.41 bits per heavy atom. The average molecular weight is 243 g/mol. The molecule has 100 valence electrons. The maximum atomic E-state index is 12.0. The second-order valence-electron chi connectivity index (χ2n) is 4.57. The Kier molecular flexibility index (Phi) is 7.16. The van der Waals surface area contributed by atoms with Crippen LogP contribution < -0.4 is 5.32 Å². The third-order valence-corrected chi connectivity index (χ3v) is 2.99. The Balaban J connectivity index is 2.21. The molecule has 0 bridgehead atoms. The molecule has 0 aromatic carbocycles. The monoisotopic (exact) mass is 243 g/mol. The van der Waals surface area contributed by atoms with Crippen LogP contribution in [0.25, 0.3) is 0 Å². The van der Waals surface area contributed by atoms with Crippen molar-refractivity contribution in [3.63, 3.8) is 0 Å². The predicted octanol–water partition coefficient (Wildman–Crippen LogP) is -0.223. The van der Waals surface area contributed by atoms with Crippen molar-refractivity contribution < 1.29 is 9.53 Å². The van der Waals surface area contributed by atoms with Crippen LogP contribution in [0.2, 0.25) is 0 Å². The maximum absolute atomic E-state index is 12.0. The molecule has 0 aliphatic carbocycles. The quantitative estimate of drug-likeness (QED) is 0.655. The summed E-state index contributed by atoms with van der Waals surface area (Å²) >= 11 is 0. The molecule has 0 atom stereocenters. The van der Waals surface area contributed by atoms with E-state index in [0.29, 0.717) is 6.54 Å². The molecule has 1 fully saturated rings. The topological polar surface area (TPSA) is 44.8 Å². The molecule has 1 N–H and O–H groups in total. The molecule has 1 rings (SSSR count). The summed E-state index contributed by atoms with van der Waals surface area (Å²) in [5.41, 5.74) is 0. The fraction of sp³-hybridized carbons (Fsp3) is 0.917. The van der Waals surface area contributed by atoms with E-state index in [1.165, 1.54) is 0 Å². The summed E-state index contributed by atoms with van der Waals surface area (Å²) in [6.07, 6.45) is 2.03. The molecule has 0 spiro atoms. The van der Waals surface area contributed by atoms with Crippen molar-refractivity contribution in [3.05, 3.63) is 0 Å². The van der Waals surface area contributed by atoms with E-state index in [1.807, 2.05) is 11.9 Å². The van der Waals surface area contributed by atoms with Crippen LogP contribution in [0.5, 0.6) is 0 Å². The van der Waals surface area contributed by atoms with Gasteiger partial charge in [0.2, 0.25) is 5.91 Å². The molecule has 1 aliphatic heterocycles. The lowest BCUT2D eigenvalue weighted by molar-refractivity contribution is -0.131. The van der Waals surface area contributed by atoms with Gasteiger partial charge in [0.25, 0.3) is 0 Å². The molecule has 1 aliphatic rings. The van der Waals surface area contributed by atoms with E-state index in [2.05, 4.69) is 10.2 Å². The Morgan fingerprint density at radius 3 is 3.00 bits per heavy atom. The highest BCUT2D eigenvalue weighted by molar-refractivity contribution is 5.78. The van der Waals surface area contributed by atoms with E-state index in [4.69, 9.17) is 4.74 Å². The van der Waals surface area contributed by atoms with Crippen LogP contribution in [0, 0.1) is 0 Å². The zero-order chi connectivity index (χ0) is 12.5. The lowest BCUT2D eigenvalue weighted by atomic mass is 10.3. The molecule has 0 unspecified atom stereocenters. The first-order valence-electron chi connectivity index (χ1n) is 6.40. The highest BCUT2D eigenvalue weighted by Crippen LogP contribution is 1.98. The number of likely N-dealkylation sites (N-methyl/N-ethyl adjacent to an activating group) is 1. The van der Waals surface area contributed by atoms with Gasteiger partial charge in [-0.15, -0.1) is 0 Å². The normalized spacial score (nSPS) is 17.2. The first-order chi connectivity index (χ1) is 8.24. The van der Waals surface area contributed by atoms with Crippen molar-refractivity contribution in [2.75, 3.05) is 60.0 Å². The number of hydrogen-bond acceptors (Lipinski definition) is 4. The molecule has 0 radical (unpaired) electrons. The maximum Gasteiger partial charge on any atom is 0.236 e. The summed E-state index contributed by atoms with van der Waals surface area (Å²) in [5, 5.41) is 3.30. The van der Waals surface area contributed by atoms with Gasteiger partial charge in [-0.05, 0) is 26.4 Å². The zero-order valence-electron chi connectivity index (χ0n) is 11.1. The number of rotatable bonds is 6. The van der Waals surface area contributed by atoms with E-state index < -0.39 is 0 Å². The van der Waals surface area contributed by atoms with Gasteiger partial charge in [0.1, 0.15) is 0 Å². The molecule has 0 aromatic heterocycles. The molecule has 0 aromatic rings. The van der Waals surface area contributed by atoms with Crippen LogP contribution in [0.3, 0.4) is 0 Å². The van der Waals surface area contributed by atoms with E-state index in [9.17, 15) is 4.79 Å². The van der Waals surface area contributed by atoms with Crippen LogP contribution in [0.1, 0.15) is 12.8 Å². The minimum Gasteiger partial charge on any atom is -0.385 e. The number of methoxy groups -OCH3 is 1. The Bertz CT molecular complexity index is 216. The van der Waals surface area contributed by atoms with Crippen molar-refractivity contribution >= 4 is 5.91 Å². The fourth-order valence-electron chi connectivity index (χ4n) is 1.98. The van der Waals surface area contributed by atoms with Gasteiger partial charge in [0, 0.05) is 39.9 Å². The summed E-state index contributed by atoms with van der Waals surface area (Å²) < 4.78 is 5.00. The van der Waals surface area contributed by atoms with Crippen molar-refractivity contribution in [1.82, 2.24) is 15.1 Å². The first kappa shape index (κ1) is 14.4. The van der Waals surface area contributed by atoms with Crippen LogP contribution in [0.15, 0.2) is 0 Å². The zero-order valence-corrected chi connectivity index (χ0v) is 11.1. The molecule has 5 nitrogen and oxygen atoms in total. The van der Waals surface area contributed by atoms with Gasteiger partial charge in [-0.3, -0.25) is 9.69 Å². The lowest BCUT2D eigenvalue weighted by Gasteiger charge is -2.23. The summed E-state index contributed by atoms with van der Waals surface area (Å²) in [7, 11) is 3.69. The first-order valence-corrected chi connectivity index (χ1v) is 6.40. The van der Waals surface area contributed by atoms with Gasteiger partial charge in [-0.1, -0.05) is 0 Å². The summed E-state index contributed by atoms with van der Waals surface area (Å²) in [6.45, 7) is 5.84. The highest BCUT2D eigenvalue weighted by atomic mass is 16.5. The van der Waals surface area contributed by atoms with Gasteiger partial charge in [0.15, 0.2) is 0 Å².